The zero-order valence-corrected chi connectivity index (χ0v) is 11.9. The summed E-state index contributed by atoms with van der Waals surface area (Å²) in [6.45, 7) is 0. The van der Waals surface area contributed by atoms with Crippen molar-refractivity contribution in [1.29, 1.82) is 0 Å². The lowest BCUT2D eigenvalue weighted by Crippen LogP contribution is -1.94. The van der Waals surface area contributed by atoms with Crippen LogP contribution in [-0.4, -0.2) is 15.0 Å². The van der Waals surface area contributed by atoms with E-state index in [1.807, 2.05) is 35.0 Å². The van der Waals surface area contributed by atoms with Crippen molar-refractivity contribution in [2.45, 2.75) is 0 Å². The number of hydrogen-bond donors (Lipinski definition) is 0. The standard InChI is InChI=1S/C17H11N3S/c1-2-6-14-12(4-1)5-3-7-15(14)17-19-11-18-16(20-17)13-8-9-21-10-13/h1-11H. The largest absolute Gasteiger partial charge is 0.216 e. The molecule has 0 bridgehead atoms. The summed E-state index contributed by atoms with van der Waals surface area (Å²) >= 11 is 1.64. The van der Waals surface area contributed by atoms with Crippen LogP contribution in [0.1, 0.15) is 0 Å². The van der Waals surface area contributed by atoms with Crippen molar-refractivity contribution in [1.82, 2.24) is 15.0 Å². The first kappa shape index (κ1) is 12.2. The quantitative estimate of drug-likeness (QED) is 0.548. The summed E-state index contributed by atoms with van der Waals surface area (Å²) in [7, 11) is 0. The minimum atomic E-state index is 0.711. The van der Waals surface area contributed by atoms with Gasteiger partial charge in [0.2, 0.25) is 0 Å². The van der Waals surface area contributed by atoms with Gasteiger partial charge in [-0.1, -0.05) is 42.5 Å². The molecule has 0 amide bonds. The molecule has 0 unspecified atom stereocenters. The van der Waals surface area contributed by atoms with Crippen molar-refractivity contribution >= 4 is 22.1 Å². The topological polar surface area (TPSA) is 38.7 Å². The molecule has 0 fully saturated rings. The molecule has 4 rings (SSSR count). The van der Waals surface area contributed by atoms with Crippen LogP contribution in [0.2, 0.25) is 0 Å². The van der Waals surface area contributed by atoms with Gasteiger partial charge in [0.05, 0.1) is 0 Å². The Labute approximate surface area is 126 Å². The van der Waals surface area contributed by atoms with Crippen molar-refractivity contribution in [2.75, 3.05) is 0 Å². The second-order valence-electron chi connectivity index (χ2n) is 4.67. The van der Waals surface area contributed by atoms with E-state index >= 15 is 0 Å². The molecule has 0 spiro atoms. The Morgan fingerprint density at radius 3 is 2.57 bits per heavy atom. The number of thiophene rings is 1. The summed E-state index contributed by atoms with van der Waals surface area (Å²) in [5.74, 6) is 1.43. The molecule has 0 saturated heterocycles. The molecule has 21 heavy (non-hydrogen) atoms. The normalized spacial score (nSPS) is 10.9. The van der Waals surface area contributed by atoms with E-state index in [0.717, 1.165) is 16.5 Å². The van der Waals surface area contributed by atoms with Crippen LogP contribution < -0.4 is 0 Å². The Hall–Kier alpha value is -2.59. The highest BCUT2D eigenvalue weighted by Gasteiger charge is 2.09. The first-order valence-corrected chi connectivity index (χ1v) is 7.56. The summed E-state index contributed by atoms with van der Waals surface area (Å²) in [5.41, 5.74) is 2.07. The Morgan fingerprint density at radius 2 is 1.67 bits per heavy atom. The van der Waals surface area contributed by atoms with Gasteiger partial charge in [0.1, 0.15) is 6.33 Å². The number of hydrogen-bond acceptors (Lipinski definition) is 4. The van der Waals surface area contributed by atoms with Crippen LogP contribution in [0.15, 0.2) is 65.6 Å². The molecule has 100 valence electrons. The van der Waals surface area contributed by atoms with Gasteiger partial charge < -0.3 is 0 Å². The van der Waals surface area contributed by atoms with E-state index in [0.29, 0.717) is 11.6 Å². The van der Waals surface area contributed by atoms with Gasteiger partial charge in [0.25, 0.3) is 0 Å². The van der Waals surface area contributed by atoms with Gasteiger partial charge in [-0.3, -0.25) is 0 Å². The summed E-state index contributed by atoms with van der Waals surface area (Å²) in [4.78, 5) is 13.2. The van der Waals surface area contributed by atoms with Crippen molar-refractivity contribution in [3.63, 3.8) is 0 Å². The average molecular weight is 289 g/mol. The summed E-state index contributed by atoms with van der Waals surface area (Å²) in [6, 6.07) is 16.5. The Morgan fingerprint density at radius 1 is 0.810 bits per heavy atom. The van der Waals surface area contributed by atoms with Gasteiger partial charge in [0.15, 0.2) is 11.6 Å². The van der Waals surface area contributed by atoms with Crippen molar-refractivity contribution in [3.05, 3.63) is 65.6 Å². The Balaban J connectivity index is 1.91. The second-order valence-corrected chi connectivity index (χ2v) is 5.45. The molecular formula is C17H11N3S. The average Bonchev–Trinajstić information content (AvgIpc) is 3.09. The predicted molar refractivity (Wildman–Crippen MR) is 86.1 cm³/mol. The fourth-order valence-electron chi connectivity index (χ4n) is 2.38. The molecule has 0 aliphatic heterocycles. The first-order chi connectivity index (χ1) is 10.4. The molecule has 0 saturated carbocycles. The van der Waals surface area contributed by atoms with Crippen molar-refractivity contribution < 1.29 is 0 Å². The van der Waals surface area contributed by atoms with Gasteiger partial charge in [-0.2, -0.15) is 11.3 Å². The summed E-state index contributed by atoms with van der Waals surface area (Å²) < 4.78 is 0. The second kappa shape index (κ2) is 5.07. The number of nitrogens with zero attached hydrogens (tertiary/aromatic N) is 3. The highest BCUT2D eigenvalue weighted by molar-refractivity contribution is 7.08. The van der Waals surface area contributed by atoms with Crippen LogP contribution in [0.4, 0.5) is 0 Å². The lowest BCUT2D eigenvalue weighted by Gasteiger charge is -2.06. The van der Waals surface area contributed by atoms with E-state index in [2.05, 4.69) is 39.2 Å². The molecule has 0 aliphatic carbocycles. The number of aromatic nitrogens is 3. The van der Waals surface area contributed by atoms with Gasteiger partial charge in [-0.15, -0.1) is 0 Å². The van der Waals surface area contributed by atoms with E-state index in [9.17, 15) is 0 Å². The summed E-state index contributed by atoms with van der Waals surface area (Å²) in [5, 5.41) is 6.41. The number of benzene rings is 2. The van der Waals surface area contributed by atoms with Crippen LogP contribution in [0.25, 0.3) is 33.5 Å². The van der Waals surface area contributed by atoms with Crippen molar-refractivity contribution in [3.8, 4) is 22.8 Å². The molecular weight excluding hydrogens is 278 g/mol. The Bertz CT molecular complexity index is 895. The minimum Gasteiger partial charge on any atom is -0.216 e. The molecule has 0 N–H and O–H groups in total. The van der Waals surface area contributed by atoms with Crippen LogP contribution >= 0.6 is 11.3 Å². The maximum absolute atomic E-state index is 4.62. The van der Waals surface area contributed by atoms with Gasteiger partial charge >= 0.3 is 0 Å². The van der Waals surface area contributed by atoms with Crippen molar-refractivity contribution in [2.24, 2.45) is 0 Å². The molecule has 0 aliphatic rings. The molecule has 0 atom stereocenters. The minimum absolute atomic E-state index is 0.711. The van der Waals surface area contributed by atoms with Gasteiger partial charge in [-0.05, 0) is 22.2 Å². The highest BCUT2D eigenvalue weighted by Crippen LogP contribution is 2.27. The van der Waals surface area contributed by atoms with Gasteiger partial charge in [-0.25, -0.2) is 15.0 Å². The van der Waals surface area contributed by atoms with Crippen LogP contribution in [0, 0.1) is 0 Å². The molecule has 3 nitrogen and oxygen atoms in total. The van der Waals surface area contributed by atoms with Crippen LogP contribution in [0.3, 0.4) is 0 Å². The molecule has 2 heterocycles. The molecule has 4 heteroatoms. The Kier molecular flexibility index (Phi) is 2.94. The maximum Gasteiger partial charge on any atom is 0.164 e. The van der Waals surface area contributed by atoms with E-state index in [4.69, 9.17) is 0 Å². The third-order valence-corrected chi connectivity index (χ3v) is 4.06. The first-order valence-electron chi connectivity index (χ1n) is 6.61. The van der Waals surface area contributed by atoms with Gasteiger partial charge in [0, 0.05) is 16.5 Å². The third kappa shape index (κ3) is 2.19. The zero-order chi connectivity index (χ0) is 14.1. The molecule has 2 aromatic carbocycles. The highest BCUT2D eigenvalue weighted by atomic mass is 32.1. The third-order valence-electron chi connectivity index (χ3n) is 3.38. The summed E-state index contributed by atoms with van der Waals surface area (Å²) in [6.07, 6.45) is 1.58. The smallest absolute Gasteiger partial charge is 0.164 e. The van der Waals surface area contributed by atoms with E-state index in [-0.39, 0.29) is 0 Å². The fourth-order valence-corrected chi connectivity index (χ4v) is 3.01. The van der Waals surface area contributed by atoms with Crippen LogP contribution in [-0.2, 0) is 0 Å². The molecule has 4 aromatic rings. The fraction of sp³-hybridized carbons (Fsp3) is 0. The number of rotatable bonds is 2. The molecule has 0 radical (unpaired) electrons. The van der Waals surface area contributed by atoms with E-state index < -0.39 is 0 Å². The monoisotopic (exact) mass is 289 g/mol. The predicted octanol–water partition coefficient (Wildman–Crippen LogP) is 4.42. The van der Waals surface area contributed by atoms with Crippen LogP contribution in [0.5, 0.6) is 0 Å². The SMILES string of the molecule is c1ccc2c(-c3ncnc(-c4ccsc4)n3)cccc2c1. The van der Waals surface area contributed by atoms with E-state index in [1.54, 1.807) is 17.7 Å². The lowest BCUT2D eigenvalue weighted by atomic mass is 10.0. The lowest BCUT2D eigenvalue weighted by molar-refractivity contribution is 1.07. The zero-order valence-electron chi connectivity index (χ0n) is 11.1. The number of fused-ring (bicyclic) bond motifs is 1. The maximum atomic E-state index is 4.62. The van der Waals surface area contributed by atoms with E-state index in [1.165, 1.54) is 5.39 Å². The molecule has 2 aromatic heterocycles.